The molecule has 8 nitrogen and oxygen atoms in total. The van der Waals surface area contributed by atoms with Crippen LogP contribution in [0.3, 0.4) is 0 Å². The van der Waals surface area contributed by atoms with Crippen molar-refractivity contribution in [1.82, 2.24) is 25.9 Å². The van der Waals surface area contributed by atoms with Gasteiger partial charge in [0.15, 0.2) is 6.19 Å². The Morgan fingerprint density at radius 1 is 1.28 bits per heavy atom. The minimum atomic E-state index is -0.215. The summed E-state index contributed by atoms with van der Waals surface area (Å²) in [5.74, 6) is 0.271. The number of rotatable bonds is 5. The number of guanidine groups is 1. The molecule has 3 N–H and O–H groups in total. The summed E-state index contributed by atoms with van der Waals surface area (Å²) in [6, 6.07) is 10.5. The lowest BCUT2D eigenvalue weighted by Gasteiger charge is -2.41. The molecule has 1 fully saturated rings. The molecule has 0 saturated heterocycles. The number of nitrogens with one attached hydrogen (secondary N) is 3. The van der Waals surface area contributed by atoms with E-state index in [-0.39, 0.29) is 17.4 Å². The number of aliphatic imine (C=N–C) groups is 1. The Balaban J connectivity index is 1.70. The Morgan fingerprint density at radius 2 is 2.03 bits per heavy atom. The van der Waals surface area contributed by atoms with Gasteiger partial charge in [-0.1, -0.05) is 30.3 Å². The third-order valence-corrected chi connectivity index (χ3v) is 5.45. The third kappa shape index (κ3) is 5.08. The molecule has 1 aromatic heterocycles. The first-order valence-electron chi connectivity index (χ1n) is 9.65. The molecule has 0 aliphatic heterocycles. The molecule has 1 aliphatic rings. The highest BCUT2D eigenvalue weighted by Crippen LogP contribution is 2.39. The van der Waals surface area contributed by atoms with Crippen LogP contribution in [0.4, 0.5) is 0 Å². The molecule has 0 bridgehead atoms. The first kappa shape index (κ1) is 20.3. The lowest BCUT2D eigenvalue weighted by Crippen LogP contribution is -2.49. The minimum absolute atomic E-state index is 0.149. The van der Waals surface area contributed by atoms with Crippen molar-refractivity contribution in [2.24, 2.45) is 4.99 Å². The summed E-state index contributed by atoms with van der Waals surface area (Å²) in [4.78, 5) is 24.6. The highest BCUT2D eigenvalue weighted by atomic mass is 16.1. The average molecular weight is 391 g/mol. The van der Waals surface area contributed by atoms with E-state index in [4.69, 9.17) is 5.26 Å². The summed E-state index contributed by atoms with van der Waals surface area (Å²) in [6.45, 7) is 0.532. The van der Waals surface area contributed by atoms with E-state index >= 15 is 0 Å². The van der Waals surface area contributed by atoms with Crippen molar-refractivity contribution in [2.45, 2.75) is 37.1 Å². The van der Waals surface area contributed by atoms with Crippen LogP contribution < -0.4 is 16.0 Å². The standard InChI is InChI=1S/C21H25N7O/c1-23-20(27-15-22)28-17-7-9-21(10-8-17,16-5-3-2-4-6-16)14-26-19(29)18-13-24-11-12-25-18/h2-6,11-13,17H,7-10,14H2,1H3,(H,26,29)(H2,23,27,28). The summed E-state index contributed by atoms with van der Waals surface area (Å²) in [6.07, 6.45) is 10.0. The number of benzene rings is 1. The topological polar surface area (TPSA) is 115 Å². The van der Waals surface area contributed by atoms with Crippen LogP contribution in [0.1, 0.15) is 41.7 Å². The minimum Gasteiger partial charge on any atom is -0.353 e. The van der Waals surface area contributed by atoms with Crippen LogP contribution in [0.15, 0.2) is 53.9 Å². The number of nitrogens with zero attached hydrogens (tertiary/aromatic N) is 4. The van der Waals surface area contributed by atoms with Gasteiger partial charge in [0.2, 0.25) is 5.96 Å². The molecule has 0 atom stereocenters. The Bertz CT molecular complexity index is 869. The Labute approximate surface area is 170 Å². The molecular formula is C21H25N7O. The van der Waals surface area contributed by atoms with Gasteiger partial charge in [0.25, 0.3) is 5.91 Å². The van der Waals surface area contributed by atoms with Crippen LogP contribution in [0.5, 0.6) is 0 Å². The van der Waals surface area contributed by atoms with Gasteiger partial charge in [0.05, 0.1) is 6.20 Å². The second-order valence-electron chi connectivity index (χ2n) is 7.15. The molecule has 2 aromatic rings. The zero-order valence-electron chi connectivity index (χ0n) is 16.4. The normalized spacial score (nSPS) is 21.7. The van der Waals surface area contributed by atoms with Crippen molar-refractivity contribution >= 4 is 11.9 Å². The second-order valence-corrected chi connectivity index (χ2v) is 7.15. The van der Waals surface area contributed by atoms with Gasteiger partial charge in [-0.15, -0.1) is 0 Å². The summed E-state index contributed by atoms with van der Waals surface area (Å²) < 4.78 is 0. The number of hydrogen-bond donors (Lipinski definition) is 3. The first-order chi connectivity index (χ1) is 14.2. The fraction of sp³-hybridized carbons (Fsp3) is 0.381. The zero-order valence-corrected chi connectivity index (χ0v) is 16.4. The average Bonchev–Trinajstić information content (AvgIpc) is 2.79. The van der Waals surface area contributed by atoms with E-state index in [1.807, 2.05) is 24.4 Å². The fourth-order valence-electron chi connectivity index (χ4n) is 3.83. The predicted molar refractivity (Wildman–Crippen MR) is 110 cm³/mol. The van der Waals surface area contributed by atoms with E-state index in [1.54, 1.807) is 13.2 Å². The SMILES string of the molecule is CN=C(NC#N)NC1CCC(CNC(=O)c2cnccn2)(c2ccccc2)CC1. The lowest BCUT2D eigenvalue weighted by atomic mass is 9.68. The Kier molecular flexibility index (Phi) is 6.74. The van der Waals surface area contributed by atoms with Gasteiger partial charge in [0.1, 0.15) is 5.69 Å². The highest BCUT2D eigenvalue weighted by Gasteiger charge is 2.37. The van der Waals surface area contributed by atoms with Crippen molar-refractivity contribution < 1.29 is 4.79 Å². The summed E-state index contributed by atoms with van der Waals surface area (Å²) in [5, 5.41) is 17.7. The van der Waals surface area contributed by atoms with E-state index in [2.05, 4.69) is 43.0 Å². The van der Waals surface area contributed by atoms with Gasteiger partial charge >= 0.3 is 0 Å². The predicted octanol–water partition coefficient (Wildman–Crippen LogP) is 1.73. The van der Waals surface area contributed by atoms with Crippen molar-refractivity contribution in [2.75, 3.05) is 13.6 Å². The maximum absolute atomic E-state index is 12.5. The smallest absolute Gasteiger partial charge is 0.271 e. The van der Waals surface area contributed by atoms with Crippen molar-refractivity contribution in [3.8, 4) is 6.19 Å². The molecule has 0 radical (unpaired) electrons. The highest BCUT2D eigenvalue weighted by molar-refractivity contribution is 5.91. The monoisotopic (exact) mass is 391 g/mol. The summed E-state index contributed by atoms with van der Waals surface area (Å²) in [7, 11) is 1.64. The van der Waals surface area contributed by atoms with E-state index in [0.717, 1.165) is 25.7 Å². The van der Waals surface area contributed by atoms with Gasteiger partial charge in [-0.3, -0.25) is 20.1 Å². The van der Waals surface area contributed by atoms with Crippen molar-refractivity contribution in [3.63, 3.8) is 0 Å². The van der Waals surface area contributed by atoms with Gasteiger partial charge in [-0.25, -0.2) is 4.98 Å². The number of nitriles is 1. The molecular weight excluding hydrogens is 366 g/mol. The molecule has 1 aromatic carbocycles. The fourth-order valence-corrected chi connectivity index (χ4v) is 3.83. The lowest BCUT2D eigenvalue weighted by molar-refractivity contribution is 0.0929. The second kappa shape index (κ2) is 9.64. The van der Waals surface area contributed by atoms with Crippen LogP contribution in [0.2, 0.25) is 0 Å². The maximum atomic E-state index is 12.5. The maximum Gasteiger partial charge on any atom is 0.271 e. The molecule has 8 heteroatoms. The van der Waals surface area contributed by atoms with E-state index in [0.29, 0.717) is 18.2 Å². The van der Waals surface area contributed by atoms with Crippen LogP contribution in [0.25, 0.3) is 0 Å². The van der Waals surface area contributed by atoms with E-state index in [9.17, 15) is 4.79 Å². The van der Waals surface area contributed by atoms with Gasteiger partial charge in [-0.2, -0.15) is 5.26 Å². The molecule has 29 heavy (non-hydrogen) atoms. The largest absolute Gasteiger partial charge is 0.353 e. The van der Waals surface area contributed by atoms with Gasteiger partial charge in [-0.05, 0) is 31.2 Å². The molecule has 1 heterocycles. The van der Waals surface area contributed by atoms with E-state index in [1.165, 1.54) is 18.0 Å². The molecule has 1 aliphatic carbocycles. The number of amides is 1. The van der Waals surface area contributed by atoms with Gasteiger partial charge in [0, 0.05) is 37.4 Å². The van der Waals surface area contributed by atoms with Crippen LogP contribution in [-0.2, 0) is 5.41 Å². The summed E-state index contributed by atoms with van der Waals surface area (Å²) >= 11 is 0. The number of carbonyl (C=O) groups is 1. The number of aromatic nitrogens is 2. The number of carbonyl (C=O) groups excluding carboxylic acids is 1. The van der Waals surface area contributed by atoms with Crippen LogP contribution in [-0.4, -0.2) is 41.5 Å². The van der Waals surface area contributed by atoms with Crippen molar-refractivity contribution in [3.05, 3.63) is 60.2 Å². The third-order valence-electron chi connectivity index (χ3n) is 5.45. The zero-order chi connectivity index (χ0) is 20.5. The molecule has 1 saturated carbocycles. The summed E-state index contributed by atoms with van der Waals surface area (Å²) in [5.41, 5.74) is 1.39. The van der Waals surface area contributed by atoms with E-state index < -0.39 is 0 Å². The Morgan fingerprint density at radius 3 is 2.66 bits per heavy atom. The quantitative estimate of drug-likeness (QED) is 0.309. The number of hydrogen-bond acceptors (Lipinski definition) is 5. The molecule has 0 spiro atoms. The van der Waals surface area contributed by atoms with Gasteiger partial charge < -0.3 is 10.6 Å². The van der Waals surface area contributed by atoms with Crippen molar-refractivity contribution in [1.29, 1.82) is 5.26 Å². The molecule has 150 valence electrons. The van der Waals surface area contributed by atoms with Crippen LogP contribution >= 0.6 is 0 Å². The molecule has 0 unspecified atom stereocenters. The van der Waals surface area contributed by atoms with Crippen LogP contribution in [0, 0.1) is 11.5 Å². The first-order valence-corrected chi connectivity index (χ1v) is 9.65. The molecule has 3 rings (SSSR count). The Hall–Kier alpha value is -3.47. The molecule has 1 amide bonds.